The first kappa shape index (κ1) is 12.9. The highest BCUT2D eigenvalue weighted by Gasteiger charge is 2.17. The molecule has 17 heavy (non-hydrogen) atoms. The Bertz CT molecular complexity index is 376. The molecule has 0 radical (unpaired) electrons. The Labute approximate surface area is 105 Å². The van der Waals surface area contributed by atoms with Crippen molar-refractivity contribution in [2.75, 3.05) is 12.4 Å². The van der Waals surface area contributed by atoms with Gasteiger partial charge in [-0.05, 0) is 43.5 Å². The van der Waals surface area contributed by atoms with Gasteiger partial charge in [0.2, 0.25) is 0 Å². The molecule has 0 aromatic heterocycles. The lowest BCUT2D eigenvalue weighted by atomic mass is 10.1. The second kappa shape index (κ2) is 5.85. The summed E-state index contributed by atoms with van der Waals surface area (Å²) < 4.78 is 18.6. The fraction of sp³-hybridized carbons (Fsp3) is 0.538. The predicted molar refractivity (Wildman–Crippen MR) is 66.7 cm³/mol. The maximum absolute atomic E-state index is 13.1. The second-order valence-electron chi connectivity index (χ2n) is 4.30. The molecule has 1 aromatic carbocycles. The number of ether oxygens (including phenoxy) is 1. The van der Waals surface area contributed by atoms with Crippen molar-refractivity contribution in [2.24, 2.45) is 0 Å². The van der Waals surface area contributed by atoms with Crippen LogP contribution in [0.4, 0.5) is 4.39 Å². The van der Waals surface area contributed by atoms with Gasteiger partial charge in [-0.1, -0.05) is 0 Å². The van der Waals surface area contributed by atoms with E-state index in [0.717, 1.165) is 30.1 Å². The smallest absolute Gasteiger partial charge is 0.123 e. The van der Waals surface area contributed by atoms with Gasteiger partial charge < -0.3 is 9.84 Å². The Kier molecular flexibility index (Phi) is 4.42. The van der Waals surface area contributed by atoms with Crippen molar-refractivity contribution in [3.8, 4) is 0 Å². The van der Waals surface area contributed by atoms with E-state index in [2.05, 4.69) is 0 Å². The average molecular weight is 256 g/mol. The van der Waals surface area contributed by atoms with Crippen molar-refractivity contribution >= 4 is 11.8 Å². The molecule has 1 heterocycles. The fourth-order valence-corrected chi connectivity index (χ4v) is 3.12. The summed E-state index contributed by atoms with van der Waals surface area (Å²) in [5.74, 6) is 0.563. The van der Waals surface area contributed by atoms with Crippen LogP contribution in [0.3, 0.4) is 0 Å². The standard InChI is InChI=1S/C13H17FO2S/c1-9(15)12-7-10(14)4-5-13(12)17-8-11-3-2-6-16-11/h4-5,7,9,11,15H,2-3,6,8H2,1H3/t9-,11?/m1/s1. The minimum Gasteiger partial charge on any atom is -0.389 e. The molecule has 1 aromatic rings. The summed E-state index contributed by atoms with van der Waals surface area (Å²) in [6, 6.07) is 4.57. The molecule has 2 nitrogen and oxygen atoms in total. The van der Waals surface area contributed by atoms with Crippen molar-refractivity contribution < 1.29 is 14.2 Å². The average Bonchev–Trinajstić information content (AvgIpc) is 2.80. The van der Waals surface area contributed by atoms with E-state index >= 15 is 0 Å². The summed E-state index contributed by atoms with van der Waals surface area (Å²) in [6.07, 6.45) is 1.88. The lowest BCUT2D eigenvalue weighted by Crippen LogP contribution is -2.08. The van der Waals surface area contributed by atoms with Crippen molar-refractivity contribution in [3.63, 3.8) is 0 Å². The lowest BCUT2D eigenvalue weighted by molar-refractivity contribution is 0.129. The van der Waals surface area contributed by atoms with Gasteiger partial charge in [0.1, 0.15) is 5.82 Å². The van der Waals surface area contributed by atoms with Crippen LogP contribution in [0.15, 0.2) is 23.1 Å². The molecule has 1 aliphatic rings. The Morgan fingerprint density at radius 2 is 2.41 bits per heavy atom. The minimum atomic E-state index is -0.641. The zero-order valence-corrected chi connectivity index (χ0v) is 10.7. The van der Waals surface area contributed by atoms with E-state index in [0.29, 0.717) is 11.7 Å². The van der Waals surface area contributed by atoms with Gasteiger partial charge in [0.15, 0.2) is 0 Å². The third-order valence-corrected chi connectivity index (χ3v) is 4.09. The highest BCUT2D eigenvalue weighted by molar-refractivity contribution is 7.99. The largest absolute Gasteiger partial charge is 0.389 e. The number of rotatable bonds is 4. The third-order valence-electron chi connectivity index (χ3n) is 2.87. The van der Waals surface area contributed by atoms with Gasteiger partial charge in [-0.25, -0.2) is 4.39 Å². The van der Waals surface area contributed by atoms with Crippen LogP contribution in [0.5, 0.6) is 0 Å². The zero-order valence-electron chi connectivity index (χ0n) is 9.86. The van der Waals surface area contributed by atoms with Crippen LogP contribution in [-0.4, -0.2) is 23.6 Å². The molecule has 0 spiro atoms. The Morgan fingerprint density at radius 1 is 1.59 bits per heavy atom. The number of hydrogen-bond acceptors (Lipinski definition) is 3. The molecular weight excluding hydrogens is 239 g/mol. The molecule has 0 bridgehead atoms. The van der Waals surface area contributed by atoms with Crippen LogP contribution < -0.4 is 0 Å². The van der Waals surface area contributed by atoms with Crippen molar-refractivity contribution in [1.82, 2.24) is 0 Å². The van der Waals surface area contributed by atoms with Gasteiger partial charge in [-0.2, -0.15) is 0 Å². The van der Waals surface area contributed by atoms with E-state index in [1.807, 2.05) is 0 Å². The van der Waals surface area contributed by atoms with Crippen molar-refractivity contribution in [2.45, 2.75) is 36.9 Å². The summed E-state index contributed by atoms with van der Waals surface area (Å²) in [7, 11) is 0. The van der Waals surface area contributed by atoms with Crippen LogP contribution in [0, 0.1) is 5.82 Å². The van der Waals surface area contributed by atoms with Crippen LogP contribution in [0.1, 0.15) is 31.4 Å². The van der Waals surface area contributed by atoms with Crippen molar-refractivity contribution in [3.05, 3.63) is 29.6 Å². The Hall–Kier alpha value is -0.580. The highest BCUT2D eigenvalue weighted by Crippen LogP contribution is 2.30. The van der Waals surface area contributed by atoms with E-state index in [1.165, 1.54) is 12.1 Å². The van der Waals surface area contributed by atoms with E-state index in [9.17, 15) is 9.50 Å². The Morgan fingerprint density at radius 3 is 3.06 bits per heavy atom. The summed E-state index contributed by atoms with van der Waals surface area (Å²) in [6.45, 7) is 2.50. The first-order valence-electron chi connectivity index (χ1n) is 5.88. The molecule has 0 aliphatic carbocycles. The third kappa shape index (κ3) is 3.44. The van der Waals surface area contributed by atoms with E-state index in [1.54, 1.807) is 24.8 Å². The van der Waals surface area contributed by atoms with E-state index in [4.69, 9.17) is 4.74 Å². The monoisotopic (exact) mass is 256 g/mol. The first-order chi connectivity index (χ1) is 8.16. The second-order valence-corrected chi connectivity index (χ2v) is 5.37. The molecule has 1 fully saturated rings. The van der Waals surface area contributed by atoms with E-state index in [-0.39, 0.29) is 5.82 Å². The molecule has 94 valence electrons. The highest BCUT2D eigenvalue weighted by atomic mass is 32.2. The fourth-order valence-electron chi connectivity index (χ4n) is 1.94. The normalized spacial score (nSPS) is 21.7. The number of aliphatic hydroxyl groups is 1. The van der Waals surface area contributed by atoms with E-state index < -0.39 is 6.10 Å². The van der Waals surface area contributed by atoms with Crippen LogP contribution >= 0.6 is 11.8 Å². The Balaban J connectivity index is 2.03. The number of aliphatic hydroxyl groups excluding tert-OH is 1. The predicted octanol–water partition coefficient (Wildman–Crippen LogP) is 3.15. The molecule has 1 aliphatic heterocycles. The quantitative estimate of drug-likeness (QED) is 0.839. The van der Waals surface area contributed by atoms with Gasteiger partial charge in [-0.3, -0.25) is 0 Å². The summed E-state index contributed by atoms with van der Waals surface area (Å²) in [5, 5.41) is 9.61. The SMILES string of the molecule is C[C@@H](O)c1cc(F)ccc1SCC1CCCO1. The summed E-state index contributed by atoms with van der Waals surface area (Å²) in [4.78, 5) is 0.942. The maximum atomic E-state index is 13.1. The zero-order chi connectivity index (χ0) is 12.3. The molecular formula is C13H17FO2S. The van der Waals surface area contributed by atoms with Crippen LogP contribution in [0.2, 0.25) is 0 Å². The van der Waals surface area contributed by atoms with Gasteiger partial charge in [0, 0.05) is 17.3 Å². The van der Waals surface area contributed by atoms with Gasteiger partial charge in [0.05, 0.1) is 12.2 Å². The molecule has 1 saturated heterocycles. The van der Waals surface area contributed by atoms with Gasteiger partial charge in [0.25, 0.3) is 0 Å². The van der Waals surface area contributed by atoms with Gasteiger partial charge in [-0.15, -0.1) is 11.8 Å². The maximum Gasteiger partial charge on any atom is 0.123 e. The lowest BCUT2D eigenvalue weighted by Gasteiger charge is -2.14. The number of thioether (sulfide) groups is 1. The molecule has 2 rings (SSSR count). The summed E-state index contributed by atoms with van der Waals surface area (Å²) >= 11 is 1.63. The molecule has 0 amide bonds. The topological polar surface area (TPSA) is 29.5 Å². The molecule has 1 N–H and O–H groups in total. The van der Waals surface area contributed by atoms with Gasteiger partial charge >= 0.3 is 0 Å². The molecule has 4 heteroatoms. The van der Waals surface area contributed by atoms with Crippen molar-refractivity contribution in [1.29, 1.82) is 0 Å². The molecule has 2 atom stereocenters. The van der Waals surface area contributed by atoms with Crippen LogP contribution in [0.25, 0.3) is 0 Å². The first-order valence-corrected chi connectivity index (χ1v) is 6.87. The molecule has 1 unspecified atom stereocenters. The molecule has 0 saturated carbocycles. The number of benzene rings is 1. The number of halogens is 1. The minimum absolute atomic E-state index is 0.298. The number of hydrogen-bond donors (Lipinski definition) is 1. The summed E-state index contributed by atoms with van der Waals surface area (Å²) in [5.41, 5.74) is 0.660. The van der Waals surface area contributed by atoms with Crippen LogP contribution in [-0.2, 0) is 4.74 Å².